The smallest absolute Gasteiger partial charge is 0.257 e. The van der Waals surface area contributed by atoms with Gasteiger partial charge < -0.3 is 11.1 Å². The van der Waals surface area contributed by atoms with Crippen molar-refractivity contribution in [1.29, 1.82) is 0 Å². The third-order valence-electron chi connectivity index (χ3n) is 5.26. The Balaban J connectivity index is 1.62. The maximum atomic E-state index is 13.9. The van der Waals surface area contributed by atoms with Crippen molar-refractivity contribution in [1.82, 2.24) is 4.98 Å². The van der Waals surface area contributed by atoms with Gasteiger partial charge in [-0.05, 0) is 53.1 Å². The van der Waals surface area contributed by atoms with Gasteiger partial charge in [0.15, 0.2) is 0 Å². The second-order valence-electron chi connectivity index (χ2n) is 7.55. The second kappa shape index (κ2) is 9.45. The molecule has 0 saturated carbocycles. The largest absolute Gasteiger partial charge is 0.366 e. The monoisotopic (exact) mass is 490 g/mol. The summed E-state index contributed by atoms with van der Waals surface area (Å²) < 4.78 is 37.7. The third-order valence-corrected chi connectivity index (χ3v) is 6.22. The lowest BCUT2D eigenvalue weighted by atomic mass is 9.98. The Morgan fingerprint density at radius 1 is 0.857 bits per heavy atom. The fourth-order valence-corrected chi connectivity index (χ4v) is 4.35. The molecule has 0 radical (unpaired) electrons. The van der Waals surface area contributed by atoms with Gasteiger partial charge >= 0.3 is 0 Å². The molecule has 0 bridgehead atoms. The predicted molar refractivity (Wildman–Crippen MR) is 129 cm³/mol. The van der Waals surface area contributed by atoms with Crippen LogP contribution in [0.3, 0.4) is 0 Å². The van der Waals surface area contributed by atoms with Crippen molar-refractivity contribution < 1.29 is 22.4 Å². The van der Waals surface area contributed by atoms with Gasteiger partial charge in [-0.1, -0.05) is 36.4 Å². The number of carbonyl (C=O) groups is 2. The van der Waals surface area contributed by atoms with Crippen LogP contribution in [-0.2, 0) is 10.0 Å². The number of rotatable bonds is 6. The van der Waals surface area contributed by atoms with Gasteiger partial charge in [0.05, 0.1) is 16.0 Å². The lowest BCUT2D eigenvalue weighted by Gasteiger charge is -2.12. The number of hydrogen-bond donors (Lipinski definition) is 3. The molecule has 5 N–H and O–H groups in total. The summed E-state index contributed by atoms with van der Waals surface area (Å²) in [5.41, 5.74) is 7.46. The number of nitrogens with one attached hydrogen (secondary N) is 1. The van der Waals surface area contributed by atoms with Crippen molar-refractivity contribution >= 4 is 27.5 Å². The molecule has 0 aliphatic rings. The molecule has 1 aromatic heterocycles. The molecule has 4 rings (SSSR count). The number of sulfonamides is 1. The molecule has 8 nitrogen and oxygen atoms in total. The van der Waals surface area contributed by atoms with E-state index in [0.717, 1.165) is 6.07 Å². The molecular weight excluding hydrogens is 471 g/mol. The average molecular weight is 491 g/mol. The maximum absolute atomic E-state index is 13.9. The number of anilines is 1. The summed E-state index contributed by atoms with van der Waals surface area (Å²) in [6.07, 6.45) is 2.83. The highest BCUT2D eigenvalue weighted by atomic mass is 32.2. The van der Waals surface area contributed by atoms with Crippen LogP contribution in [0.5, 0.6) is 0 Å². The Morgan fingerprint density at radius 3 is 2.23 bits per heavy atom. The number of halogens is 1. The van der Waals surface area contributed by atoms with Gasteiger partial charge in [0.1, 0.15) is 5.82 Å². The minimum absolute atomic E-state index is 0.00795. The molecule has 0 fully saturated rings. The van der Waals surface area contributed by atoms with Crippen molar-refractivity contribution in [2.45, 2.75) is 4.90 Å². The van der Waals surface area contributed by atoms with E-state index in [4.69, 9.17) is 10.9 Å². The fourth-order valence-electron chi connectivity index (χ4n) is 3.59. The summed E-state index contributed by atoms with van der Waals surface area (Å²) >= 11 is 0. The summed E-state index contributed by atoms with van der Waals surface area (Å²) in [6.45, 7) is 0. The minimum atomic E-state index is -3.92. The van der Waals surface area contributed by atoms with Crippen molar-refractivity contribution in [3.63, 3.8) is 0 Å². The number of primary sulfonamides is 1. The van der Waals surface area contributed by atoms with E-state index in [0.29, 0.717) is 27.9 Å². The molecule has 35 heavy (non-hydrogen) atoms. The Kier molecular flexibility index (Phi) is 6.41. The third kappa shape index (κ3) is 5.08. The normalized spacial score (nSPS) is 11.1. The number of carbonyl (C=O) groups excluding carboxylic acids is 2. The van der Waals surface area contributed by atoms with E-state index in [2.05, 4.69) is 10.3 Å². The molecular formula is C25H19FN4O4S. The summed E-state index contributed by atoms with van der Waals surface area (Å²) in [5, 5.41) is 8.07. The summed E-state index contributed by atoms with van der Waals surface area (Å²) in [4.78, 5) is 28.5. The van der Waals surface area contributed by atoms with Crippen LogP contribution in [0.25, 0.3) is 22.3 Å². The van der Waals surface area contributed by atoms with Gasteiger partial charge in [-0.3, -0.25) is 14.6 Å². The quantitative estimate of drug-likeness (QED) is 0.378. The Morgan fingerprint density at radius 2 is 1.54 bits per heavy atom. The van der Waals surface area contributed by atoms with Crippen LogP contribution >= 0.6 is 0 Å². The van der Waals surface area contributed by atoms with Gasteiger partial charge in [-0.25, -0.2) is 17.9 Å². The van der Waals surface area contributed by atoms with Crippen molar-refractivity contribution in [3.05, 3.63) is 102 Å². The van der Waals surface area contributed by atoms with E-state index < -0.39 is 27.7 Å². The average Bonchev–Trinajstić information content (AvgIpc) is 2.84. The van der Waals surface area contributed by atoms with Crippen LogP contribution in [0.1, 0.15) is 20.7 Å². The Bertz CT molecular complexity index is 1550. The van der Waals surface area contributed by atoms with Gasteiger partial charge in [0.2, 0.25) is 10.0 Å². The van der Waals surface area contributed by atoms with Gasteiger partial charge in [-0.15, -0.1) is 0 Å². The highest BCUT2D eigenvalue weighted by Crippen LogP contribution is 2.29. The van der Waals surface area contributed by atoms with E-state index in [1.807, 2.05) is 0 Å². The molecule has 1 heterocycles. The van der Waals surface area contributed by atoms with Crippen LogP contribution in [0.15, 0.2) is 90.1 Å². The first-order valence-electron chi connectivity index (χ1n) is 10.2. The van der Waals surface area contributed by atoms with Crippen LogP contribution in [-0.4, -0.2) is 25.2 Å². The topological polar surface area (TPSA) is 145 Å². The van der Waals surface area contributed by atoms with Crippen molar-refractivity contribution in [3.8, 4) is 22.3 Å². The zero-order valence-electron chi connectivity index (χ0n) is 18.1. The molecule has 176 valence electrons. The summed E-state index contributed by atoms with van der Waals surface area (Å²) in [7, 11) is -3.92. The first-order valence-corrected chi connectivity index (χ1v) is 11.8. The second-order valence-corrected chi connectivity index (χ2v) is 9.08. The zero-order chi connectivity index (χ0) is 25.2. The zero-order valence-corrected chi connectivity index (χ0v) is 18.9. The molecule has 10 heteroatoms. The highest BCUT2D eigenvalue weighted by molar-refractivity contribution is 7.89. The molecule has 0 aliphatic heterocycles. The fraction of sp³-hybridized carbons (Fsp3) is 0. The lowest BCUT2D eigenvalue weighted by molar-refractivity contribution is 0.0994. The van der Waals surface area contributed by atoms with E-state index >= 15 is 0 Å². The number of hydrogen-bond acceptors (Lipinski definition) is 5. The van der Waals surface area contributed by atoms with Crippen molar-refractivity contribution in [2.24, 2.45) is 10.9 Å². The number of benzene rings is 3. The van der Waals surface area contributed by atoms with E-state index in [-0.39, 0.29) is 16.0 Å². The number of aromatic nitrogens is 1. The molecule has 0 saturated heterocycles. The molecule has 0 aliphatic carbocycles. The van der Waals surface area contributed by atoms with E-state index in [9.17, 15) is 22.4 Å². The van der Waals surface area contributed by atoms with Crippen LogP contribution in [0.4, 0.5) is 10.1 Å². The maximum Gasteiger partial charge on any atom is 0.257 e. The number of nitrogens with zero attached hydrogens (tertiary/aromatic N) is 1. The molecule has 3 aromatic carbocycles. The summed E-state index contributed by atoms with van der Waals surface area (Å²) in [5.74, 6) is -2.17. The molecule has 0 atom stereocenters. The minimum Gasteiger partial charge on any atom is -0.366 e. The van der Waals surface area contributed by atoms with E-state index in [1.165, 1.54) is 30.6 Å². The first kappa shape index (κ1) is 23.7. The van der Waals surface area contributed by atoms with Gasteiger partial charge in [0, 0.05) is 23.6 Å². The number of nitrogens with two attached hydrogens (primary N) is 2. The molecule has 4 aromatic rings. The van der Waals surface area contributed by atoms with Crippen LogP contribution in [0.2, 0.25) is 0 Å². The molecule has 0 spiro atoms. The summed E-state index contributed by atoms with van der Waals surface area (Å²) in [6, 6.07) is 18.3. The first-order chi connectivity index (χ1) is 16.6. The molecule has 2 amide bonds. The SMILES string of the molecule is NC(=O)c1cc(-c2ccncc2C(=O)Nc2ccc(-c3ccccc3S(N)(=O)=O)cc2)ccc1F. The van der Waals surface area contributed by atoms with Crippen LogP contribution < -0.4 is 16.2 Å². The van der Waals surface area contributed by atoms with E-state index in [1.54, 1.807) is 48.5 Å². The molecule has 0 unspecified atom stereocenters. The lowest BCUT2D eigenvalue weighted by Crippen LogP contribution is -2.15. The van der Waals surface area contributed by atoms with Crippen molar-refractivity contribution in [2.75, 3.05) is 5.32 Å². The number of pyridine rings is 1. The number of primary amides is 1. The highest BCUT2D eigenvalue weighted by Gasteiger charge is 2.17. The van der Waals surface area contributed by atoms with Gasteiger partial charge in [0.25, 0.3) is 11.8 Å². The Hall–Kier alpha value is -4.41. The van der Waals surface area contributed by atoms with Crippen LogP contribution in [0, 0.1) is 5.82 Å². The Labute approximate surface area is 200 Å². The predicted octanol–water partition coefficient (Wildman–Crippen LogP) is 3.55. The number of amides is 2. The standard InChI is InChI=1S/C25H19FN4O4S/c26-22-10-7-16(13-20(22)24(27)31)18-11-12-29-14-21(18)25(32)30-17-8-5-15(6-9-17)19-3-1-2-4-23(19)35(28,33)34/h1-14H,(H2,27,31)(H,30,32)(H2,28,33,34). The van der Waals surface area contributed by atoms with Gasteiger partial charge in [-0.2, -0.15) is 0 Å².